The van der Waals surface area contributed by atoms with Crippen molar-refractivity contribution in [3.05, 3.63) is 87.0 Å². The van der Waals surface area contributed by atoms with Crippen LogP contribution >= 0.6 is 0 Å². The second-order valence-electron chi connectivity index (χ2n) is 6.42. The Labute approximate surface area is 151 Å². The molecule has 2 nitrogen and oxygen atoms in total. The van der Waals surface area contributed by atoms with Gasteiger partial charge in [-0.3, -0.25) is 0 Å². The molecule has 128 valence electrons. The highest BCUT2D eigenvalue weighted by Crippen LogP contribution is 2.48. The molecule has 0 fully saturated rings. The van der Waals surface area contributed by atoms with Crippen molar-refractivity contribution >= 4 is 22.1 Å². The molecule has 2 heteroatoms. The first-order valence-electron chi connectivity index (χ1n) is 8.74. The summed E-state index contributed by atoms with van der Waals surface area (Å²) in [6, 6.07) is 13.0. The van der Waals surface area contributed by atoms with E-state index in [1.165, 1.54) is 22.1 Å². The number of anilines is 2. The van der Waals surface area contributed by atoms with E-state index in [-0.39, 0.29) is 5.66 Å². The lowest BCUT2D eigenvalue weighted by atomic mass is 9.89. The number of benzene rings is 2. The van der Waals surface area contributed by atoms with E-state index in [1.54, 1.807) is 0 Å². The number of hydrogen-bond donors (Lipinski definition) is 0. The van der Waals surface area contributed by atoms with Gasteiger partial charge in [0.2, 0.25) is 0 Å². The fraction of sp³-hybridized carbons (Fsp3) is 0.217. The summed E-state index contributed by atoms with van der Waals surface area (Å²) in [6.45, 7) is 17.6. The maximum Gasteiger partial charge on any atom is 0.120 e. The molecule has 3 rings (SSSR count). The first kappa shape index (κ1) is 17.1. The third kappa shape index (κ3) is 2.58. The van der Waals surface area contributed by atoms with Gasteiger partial charge in [0, 0.05) is 42.7 Å². The minimum atomic E-state index is -0.255. The van der Waals surface area contributed by atoms with Crippen molar-refractivity contribution in [1.29, 1.82) is 0 Å². The number of rotatable bonds is 8. The van der Waals surface area contributed by atoms with Crippen LogP contribution in [0.2, 0.25) is 0 Å². The van der Waals surface area contributed by atoms with E-state index in [2.05, 4.69) is 72.5 Å². The van der Waals surface area contributed by atoms with Crippen molar-refractivity contribution in [1.82, 2.24) is 0 Å². The van der Waals surface area contributed by atoms with Gasteiger partial charge in [0.1, 0.15) is 5.66 Å². The van der Waals surface area contributed by atoms with E-state index in [4.69, 9.17) is 0 Å². The lowest BCUT2D eigenvalue weighted by Crippen LogP contribution is -2.63. The van der Waals surface area contributed by atoms with E-state index in [0.29, 0.717) is 0 Å². The van der Waals surface area contributed by atoms with Gasteiger partial charge in [-0.15, -0.1) is 26.3 Å². The Hall–Kier alpha value is -2.74. The van der Waals surface area contributed by atoms with Gasteiger partial charge in [0.25, 0.3) is 0 Å². The molecule has 0 amide bonds. The van der Waals surface area contributed by atoms with Crippen molar-refractivity contribution in [3.63, 3.8) is 0 Å². The van der Waals surface area contributed by atoms with E-state index < -0.39 is 0 Å². The predicted octanol–water partition coefficient (Wildman–Crippen LogP) is 5.69. The Kier molecular flexibility index (Phi) is 4.80. The molecule has 0 radical (unpaired) electrons. The largest absolute Gasteiger partial charge is 0.344 e. The highest BCUT2D eigenvalue weighted by atomic mass is 15.4. The molecule has 0 aromatic heterocycles. The van der Waals surface area contributed by atoms with Crippen LogP contribution in [0.1, 0.15) is 12.8 Å². The van der Waals surface area contributed by atoms with Crippen molar-refractivity contribution in [2.24, 2.45) is 0 Å². The summed E-state index contributed by atoms with van der Waals surface area (Å²) in [5.41, 5.74) is 2.24. The average Bonchev–Trinajstić information content (AvgIpc) is 2.62. The molecule has 1 heterocycles. The molecule has 0 atom stereocenters. The van der Waals surface area contributed by atoms with Crippen LogP contribution in [0.5, 0.6) is 0 Å². The topological polar surface area (TPSA) is 6.48 Å². The Morgan fingerprint density at radius 3 is 1.60 bits per heavy atom. The van der Waals surface area contributed by atoms with Gasteiger partial charge in [-0.1, -0.05) is 48.6 Å². The second-order valence-corrected chi connectivity index (χ2v) is 6.42. The fourth-order valence-electron chi connectivity index (χ4n) is 4.13. The van der Waals surface area contributed by atoms with Gasteiger partial charge < -0.3 is 9.80 Å². The Balaban J connectivity index is 2.37. The van der Waals surface area contributed by atoms with Crippen molar-refractivity contribution in [2.75, 3.05) is 22.9 Å². The van der Waals surface area contributed by atoms with E-state index in [9.17, 15) is 0 Å². The van der Waals surface area contributed by atoms with Crippen molar-refractivity contribution < 1.29 is 0 Å². The zero-order chi connectivity index (χ0) is 17.9. The zero-order valence-corrected chi connectivity index (χ0v) is 14.8. The third-order valence-electron chi connectivity index (χ3n) is 5.01. The molecule has 1 aliphatic heterocycles. The highest BCUT2D eigenvalue weighted by Gasteiger charge is 2.44. The maximum atomic E-state index is 4.04. The molecular formula is C23H26N2. The lowest BCUT2D eigenvalue weighted by molar-refractivity contribution is 0.381. The molecule has 0 bridgehead atoms. The number of nitrogens with zero attached hydrogens (tertiary/aromatic N) is 2. The Morgan fingerprint density at radius 2 is 1.20 bits per heavy atom. The first-order chi connectivity index (χ1) is 12.2. The predicted molar refractivity (Wildman–Crippen MR) is 111 cm³/mol. The van der Waals surface area contributed by atoms with Crippen LogP contribution < -0.4 is 9.80 Å². The molecule has 0 aliphatic carbocycles. The molecule has 2 aromatic carbocycles. The van der Waals surface area contributed by atoms with Crippen LogP contribution in [0, 0.1) is 0 Å². The zero-order valence-electron chi connectivity index (χ0n) is 14.8. The summed E-state index contributed by atoms with van der Waals surface area (Å²) in [5.74, 6) is 0. The Morgan fingerprint density at radius 1 is 0.720 bits per heavy atom. The minimum absolute atomic E-state index is 0.255. The SMILES string of the molecule is C=CCN1c2cccc3cccc(c23)N(CC=C)C1(CC=C)CC=C. The molecular weight excluding hydrogens is 304 g/mol. The first-order valence-corrected chi connectivity index (χ1v) is 8.74. The van der Waals surface area contributed by atoms with E-state index >= 15 is 0 Å². The molecule has 0 spiro atoms. The second kappa shape index (κ2) is 7.02. The molecule has 0 N–H and O–H groups in total. The lowest BCUT2D eigenvalue weighted by Gasteiger charge is -2.55. The van der Waals surface area contributed by atoms with E-state index in [1.807, 2.05) is 24.3 Å². The number of hydrogen-bond acceptors (Lipinski definition) is 2. The van der Waals surface area contributed by atoms with Crippen LogP contribution in [0.3, 0.4) is 0 Å². The summed E-state index contributed by atoms with van der Waals surface area (Å²) in [5, 5.41) is 2.54. The summed E-state index contributed by atoms with van der Waals surface area (Å²) >= 11 is 0. The molecule has 0 saturated heterocycles. The van der Waals surface area contributed by atoms with Gasteiger partial charge in [-0.05, 0) is 17.5 Å². The summed E-state index contributed by atoms with van der Waals surface area (Å²) in [7, 11) is 0. The van der Waals surface area contributed by atoms with Gasteiger partial charge in [-0.2, -0.15) is 0 Å². The summed E-state index contributed by atoms with van der Waals surface area (Å²) in [6.07, 6.45) is 9.60. The van der Waals surface area contributed by atoms with Crippen LogP contribution in [0.4, 0.5) is 11.4 Å². The normalized spacial score (nSPS) is 15.0. The van der Waals surface area contributed by atoms with E-state index in [0.717, 1.165) is 25.9 Å². The standard InChI is InChI=1S/C23H26N2/c1-5-15-23(16-6-2)24(17-7-3)20-13-9-11-19-12-10-14-21(22(19)20)25(23)18-8-4/h5-14H,1-4,15-18H2. The van der Waals surface area contributed by atoms with Crippen LogP contribution in [0.15, 0.2) is 87.0 Å². The maximum absolute atomic E-state index is 4.04. The average molecular weight is 330 g/mol. The van der Waals surface area contributed by atoms with Gasteiger partial charge >= 0.3 is 0 Å². The Bertz CT molecular complexity index is 753. The van der Waals surface area contributed by atoms with Gasteiger partial charge in [0.05, 0.1) is 0 Å². The van der Waals surface area contributed by atoms with Gasteiger partial charge in [0.15, 0.2) is 0 Å². The molecule has 25 heavy (non-hydrogen) atoms. The van der Waals surface area contributed by atoms with Gasteiger partial charge in [-0.25, -0.2) is 0 Å². The quantitative estimate of drug-likeness (QED) is 0.574. The van der Waals surface area contributed by atoms with Crippen LogP contribution in [0.25, 0.3) is 10.8 Å². The molecule has 0 saturated carbocycles. The molecule has 1 aliphatic rings. The summed E-state index contributed by atoms with van der Waals surface area (Å²) in [4.78, 5) is 4.89. The van der Waals surface area contributed by atoms with Crippen LogP contribution in [-0.4, -0.2) is 18.8 Å². The highest BCUT2D eigenvalue weighted by molar-refractivity contribution is 6.06. The molecule has 2 aromatic rings. The minimum Gasteiger partial charge on any atom is -0.344 e. The fourth-order valence-corrected chi connectivity index (χ4v) is 4.13. The summed E-state index contributed by atoms with van der Waals surface area (Å²) < 4.78 is 0. The monoisotopic (exact) mass is 330 g/mol. The molecule has 0 unspecified atom stereocenters. The smallest absolute Gasteiger partial charge is 0.120 e. The third-order valence-corrected chi connectivity index (χ3v) is 5.01. The van der Waals surface area contributed by atoms with Crippen molar-refractivity contribution in [2.45, 2.75) is 18.5 Å². The van der Waals surface area contributed by atoms with Crippen LogP contribution in [-0.2, 0) is 0 Å². The van der Waals surface area contributed by atoms with Crippen molar-refractivity contribution in [3.8, 4) is 0 Å².